The number of nitrogens with zero attached hydrogens (tertiary/aromatic N) is 3. The molecule has 1 unspecified atom stereocenters. The van der Waals surface area contributed by atoms with E-state index < -0.39 is 40.8 Å². The average molecular weight is 833 g/mol. The van der Waals surface area contributed by atoms with Gasteiger partial charge in [0.05, 0.1) is 55.3 Å². The minimum absolute atomic E-state index is 0.0515. The first-order valence-corrected chi connectivity index (χ1v) is 21.3. The highest BCUT2D eigenvalue weighted by atomic mass is 35.5. The lowest BCUT2D eigenvalue weighted by Gasteiger charge is -2.35. The first kappa shape index (κ1) is 42.5. The van der Waals surface area contributed by atoms with Crippen molar-refractivity contribution in [2.75, 3.05) is 25.6 Å². The number of rotatable bonds is 17. The molecule has 4 aliphatic rings. The number of aromatic nitrogens is 2. The molecule has 59 heavy (non-hydrogen) atoms. The minimum atomic E-state index is -1.04. The Bertz CT molecular complexity index is 2100. The van der Waals surface area contributed by atoms with E-state index in [0.717, 1.165) is 19.3 Å². The fourth-order valence-electron chi connectivity index (χ4n) is 8.98. The number of carbonyl (C=O) groups excluding carboxylic acids is 4. The molecule has 7 rings (SSSR count). The summed E-state index contributed by atoms with van der Waals surface area (Å²) in [6.45, 7) is 16.1. The standard InChI is InChI=1S/C45H57ClN4O9/c1-9-13-56-36-12-11-30-37(19-32(48-40(30)39(36)46)33-23-57-43(49-33)47-24(3)4)58-29-17-34(35(51)21-45(42(54)55-8)20-27(45)10-2)50(22-29)41(53)31(44(5,6)7)18-38(52)59-28-15-25-14-26(25)16-28/h10-12,19,23-29,31,34H,2,9,13-18,20-22H2,1,3-8H3,(H,47,49)/t25-,26+,27-,28?,29+,31-,34+,45-/m1/s1. The van der Waals surface area contributed by atoms with Gasteiger partial charge in [-0.25, -0.2) is 4.98 Å². The van der Waals surface area contributed by atoms with Crippen molar-refractivity contribution >= 4 is 52.1 Å². The second-order valence-corrected chi connectivity index (χ2v) is 18.6. The van der Waals surface area contributed by atoms with E-state index in [2.05, 4.69) is 16.9 Å². The maximum atomic E-state index is 14.9. The van der Waals surface area contributed by atoms with Crippen LogP contribution in [0.15, 0.2) is 41.5 Å². The molecule has 1 N–H and O–H groups in total. The van der Waals surface area contributed by atoms with Gasteiger partial charge in [-0.05, 0) is 81.3 Å². The number of allylic oxidation sites excluding steroid dienone is 1. The van der Waals surface area contributed by atoms with Crippen LogP contribution in [-0.4, -0.2) is 83.0 Å². The summed E-state index contributed by atoms with van der Waals surface area (Å²) in [4.78, 5) is 66.9. The van der Waals surface area contributed by atoms with E-state index in [1.165, 1.54) is 19.8 Å². The molecule has 1 aromatic carbocycles. The molecule has 318 valence electrons. The third-order valence-corrected chi connectivity index (χ3v) is 12.8. The Labute approximate surface area is 350 Å². The quantitative estimate of drug-likeness (QED) is 0.103. The second kappa shape index (κ2) is 16.8. The number of halogens is 1. The van der Waals surface area contributed by atoms with Crippen molar-refractivity contribution in [1.82, 2.24) is 14.9 Å². The van der Waals surface area contributed by atoms with Crippen LogP contribution in [0.5, 0.6) is 11.5 Å². The highest BCUT2D eigenvalue weighted by Gasteiger charge is 2.61. The van der Waals surface area contributed by atoms with Gasteiger partial charge in [0.25, 0.3) is 6.01 Å². The number of nitrogens with one attached hydrogen (secondary N) is 1. The molecule has 13 nitrogen and oxygen atoms in total. The monoisotopic (exact) mass is 832 g/mol. The third kappa shape index (κ3) is 8.95. The van der Waals surface area contributed by atoms with Crippen molar-refractivity contribution in [1.29, 1.82) is 0 Å². The summed E-state index contributed by atoms with van der Waals surface area (Å²) in [6, 6.07) is 4.81. The molecule has 0 radical (unpaired) electrons. The fraction of sp³-hybridized carbons (Fsp3) is 0.600. The number of anilines is 1. The summed E-state index contributed by atoms with van der Waals surface area (Å²) in [6.07, 6.45) is 6.44. The van der Waals surface area contributed by atoms with E-state index in [1.54, 1.807) is 23.1 Å². The van der Waals surface area contributed by atoms with Gasteiger partial charge in [-0.3, -0.25) is 19.2 Å². The number of carbonyl (C=O) groups is 4. The molecule has 0 bridgehead atoms. The number of hydrogen-bond donors (Lipinski definition) is 1. The molecule has 14 heteroatoms. The van der Waals surface area contributed by atoms with Gasteiger partial charge in [-0.1, -0.05) is 45.4 Å². The number of oxazole rings is 1. The van der Waals surface area contributed by atoms with E-state index in [1.807, 2.05) is 47.6 Å². The Morgan fingerprint density at radius 1 is 1.07 bits per heavy atom. The summed E-state index contributed by atoms with van der Waals surface area (Å²) in [5.74, 6) is -0.372. The summed E-state index contributed by atoms with van der Waals surface area (Å²) in [5.41, 5.74) is -0.402. The number of Topliss-reactive ketones (excluding diaryl/α,β-unsaturated/α-hetero) is 1. The van der Waals surface area contributed by atoms with Crippen molar-refractivity contribution in [2.45, 2.75) is 117 Å². The lowest BCUT2D eigenvalue weighted by molar-refractivity contribution is -0.157. The van der Waals surface area contributed by atoms with Gasteiger partial charge < -0.3 is 33.6 Å². The molecule has 2 aromatic heterocycles. The highest BCUT2D eigenvalue weighted by molar-refractivity contribution is 6.36. The number of ether oxygens (including phenoxy) is 4. The van der Waals surface area contributed by atoms with Gasteiger partial charge in [0.15, 0.2) is 5.78 Å². The number of likely N-dealkylation sites (tertiary alicyclic amines) is 1. The molecule has 0 spiro atoms. The van der Waals surface area contributed by atoms with E-state index in [9.17, 15) is 19.2 Å². The van der Waals surface area contributed by atoms with Crippen LogP contribution in [0.2, 0.25) is 5.02 Å². The Hall–Kier alpha value is -4.65. The van der Waals surface area contributed by atoms with Crippen molar-refractivity contribution in [3.8, 4) is 22.9 Å². The molecule has 3 aromatic rings. The Balaban J connectivity index is 1.21. The Morgan fingerprint density at radius 2 is 1.81 bits per heavy atom. The summed E-state index contributed by atoms with van der Waals surface area (Å²) in [5, 5.41) is 4.05. The predicted octanol–water partition coefficient (Wildman–Crippen LogP) is 8.22. The van der Waals surface area contributed by atoms with Gasteiger partial charge in [-0.2, -0.15) is 4.98 Å². The topological polar surface area (TPSA) is 159 Å². The lowest BCUT2D eigenvalue weighted by atomic mass is 9.77. The van der Waals surface area contributed by atoms with Crippen LogP contribution < -0.4 is 14.8 Å². The van der Waals surface area contributed by atoms with Crippen LogP contribution in [0, 0.1) is 34.5 Å². The lowest BCUT2D eigenvalue weighted by Crippen LogP contribution is -2.48. The molecular formula is C45H57ClN4O9. The van der Waals surface area contributed by atoms with Crippen LogP contribution in [0.3, 0.4) is 0 Å². The normalized spacial score (nSPS) is 26.3. The van der Waals surface area contributed by atoms with E-state index >= 15 is 0 Å². The second-order valence-electron chi connectivity index (χ2n) is 18.2. The Kier molecular flexibility index (Phi) is 12.1. The van der Waals surface area contributed by atoms with E-state index in [4.69, 9.17) is 39.9 Å². The number of ketones is 1. The minimum Gasteiger partial charge on any atom is -0.492 e. The SMILES string of the molecule is C=C[C@@H]1C[C@]1(CC(=O)[C@@H]1C[C@H](Oc2cc(-c3coc(NC(C)C)n3)nc3c(Cl)c(OCCC)ccc23)CN1C(=O)[C@@H](CC(=O)OC1C[C@@H]2C[C@@H]2C1)C(C)(C)C)C(=O)OC. The number of methoxy groups -OCH3 is 1. The first-order valence-electron chi connectivity index (χ1n) is 20.9. The summed E-state index contributed by atoms with van der Waals surface area (Å²) >= 11 is 6.96. The third-order valence-electron chi connectivity index (χ3n) is 12.4. The van der Waals surface area contributed by atoms with E-state index in [0.29, 0.717) is 69.7 Å². The van der Waals surface area contributed by atoms with Gasteiger partial charge >= 0.3 is 11.9 Å². The molecular weight excluding hydrogens is 776 g/mol. The molecule has 3 heterocycles. The maximum Gasteiger partial charge on any atom is 0.312 e. The molecule has 4 fully saturated rings. The Morgan fingerprint density at radius 3 is 2.46 bits per heavy atom. The number of amides is 1. The highest BCUT2D eigenvalue weighted by Crippen LogP contribution is 2.57. The van der Waals surface area contributed by atoms with Crippen LogP contribution >= 0.6 is 11.6 Å². The summed E-state index contributed by atoms with van der Waals surface area (Å²) < 4.78 is 29.5. The zero-order valence-electron chi connectivity index (χ0n) is 35.2. The average Bonchev–Trinajstić information content (AvgIpc) is 3.85. The molecule has 1 aliphatic heterocycles. The number of esters is 2. The number of pyridine rings is 1. The van der Waals surface area contributed by atoms with Gasteiger partial charge in [0.1, 0.15) is 40.7 Å². The summed E-state index contributed by atoms with van der Waals surface area (Å²) in [7, 11) is 1.31. The van der Waals surface area contributed by atoms with Crippen LogP contribution in [0.1, 0.15) is 92.9 Å². The van der Waals surface area contributed by atoms with Gasteiger partial charge in [-0.15, -0.1) is 6.58 Å². The van der Waals surface area contributed by atoms with Crippen molar-refractivity contribution < 1.29 is 42.5 Å². The van der Waals surface area contributed by atoms with E-state index in [-0.39, 0.29) is 55.6 Å². The van der Waals surface area contributed by atoms with Crippen LogP contribution in [-0.2, 0) is 28.7 Å². The largest absolute Gasteiger partial charge is 0.492 e. The van der Waals surface area contributed by atoms with Gasteiger partial charge in [0, 0.05) is 30.3 Å². The zero-order chi connectivity index (χ0) is 42.4. The van der Waals surface area contributed by atoms with Gasteiger partial charge in [0.2, 0.25) is 5.91 Å². The smallest absolute Gasteiger partial charge is 0.312 e. The predicted molar refractivity (Wildman–Crippen MR) is 222 cm³/mol. The first-order chi connectivity index (χ1) is 28.0. The number of fused-ring (bicyclic) bond motifs is 2. The maximum absolute atomic E-state index is 14.9. The van der Waals surface area contributed by atoms with Crippen molar-refractivity contribution in [2.24, 2.45) is 34.5 Å². The van der Waals surface area contributed by atoms with Crippen molar-refractivity contribution in [3.05, 3.63) is 42.1 Å². The number of hydrogen-bond acceptors (Lipinski definition) is 12. The molecule has 1 amide bonds. The molecule has 8 atom stereocenters. The fourth-order valence-corrected chi connectivity index (χ4v) is 9.24. The molecule has 1 saturated heterocycles. The zero-order valence-corrected chi connectivity index (χ0v) is 35.9. The van der Waals surface area contributed by atoms with Crippen LogP contribution in [0.4, 0.5) is 6.01 Å². The van der Waals surface area contributed by atoms with Crippen LogP contribution in [0.25, 0.3) is 22.3 Å². The van der Waals surface area contributed by atoms with Crippen molar-refractivity contribution in [3.63, 3.8) is 0 Å². The molecule has 3 aliphatic carbocycles. The molecule has 3 saturated carbocycles. The number of benzene rings is 1.